The second kappa shape index (κ2) is 8.21. The summed E-state index contributed by atoms with van der Waals surface area (Å²) in [4.78, 5) is 28.4. The number of likely N-dealkylation sites (tertiary alicyclic amines) is 1. The molecule has 0 spiro atoms. The van der Waals surface area contributed by atoms with Crippen molar-refractivity contribution < 1.29 is 14.3 Å². The summed E-state index contributed by atoms with van der Waals surface area (Å²) in [6.45, 7) is 7.95. The summed E-state index contributed by atoms with van der Waals surface area (Å²) >= 11 is 0. The van der Waals surface area contributed by atoms with Gasteiger partial charge in [0.1, 0.15) is 5.60 Å². The minimum Gasteiger partial charge on any atom is -0.444 e. The quantitative estimate of drug-likeness (QED) is 0.789. The van der Waals surface area contributed by atoms with E-state index in [4.69, 9.17) is 4.74 Å². The van der Waals surface area contributed by atoms with Crippen LogP contribution in [0.1, 0.15) is 65.7 Å². The fraction of sp³-hybridized carbons (Fsp3) is 0.895. The first kappa shape index (κ1) is 19.1. The van der Waals surface area contributed by atoms with Crippen molar-refractivity contribution in [2.45, 2.75) is 71.3 Å². The van der Waals surface area contributed by atoms with E-state index < -0.39 is 5.60 Å². The molecule has 2 fully saturated rings. The number of nitrogens with zero attached hydrogens (tertiary/aromatic N) is 2. The molecule has 5 nitrogen and oxygen atoms in total. The molecule has 0 radical (unpaired) electrons. The van der Waals surface area contributed by atoms with Gasteiger partial charge in [-0.3, -0.25) is 4.79 Å². The smallest absolute Gasteiger partial charge is 0.410 e. The Kier molecular flexibility index (Phi) is 6.53. The molecule has 2 rings (SSSR count). The predicted octanol–water partition coefficient (Wildman–Crippen LogP) is 3.67. The average molecular weight is 338 g/mol. The standard InChI is InChI=1S/C19H34N2O3/c1-19(2,3)24-18(23)21-12-10-15(11-13-21)14-20(4)17(22)16-8-6-5-7-9-16/h15-16H,5-14H2,1-4H3. The molecule has 0 aromatic carbocycles. The van der Waals surface area contributed by atoms with E-state index in [-0.39, 0.29) is 12.0 Å². The number of rotatable bonds is 3. The van der Waals surface area contributed by atoms with Crippen LogP contribution in [-0.4, -0.2) is 54.1 Å². The van der Waals surface area contributed by atoms with Crippen LogP contribution in [0.5, 0.6) is 0 Å². The van der Waals surface area contributed by atoms with Gasteiger partial charge in [-0.25, -0.2) is 4.79 Å². The van der Waals surface area contributed by atoms with Crippen molar-refractivity contribution >= 4 is 12.0 Å². The molecule has 0 aromatic rings. The minimum atomic E-state index is -0.444. The van der Waals surface area contributed by atoms with Crippen LogP contribution in [0.3, 0.4) is 0 Å². The lowest BCUT2D eigenvalue weighted by molar-refractivity contribution is -0.136. The minimum absolute atomic E-state index is 0.215. The van der Waals surface area contributed by atoms with Crippen LogP contribution >= 0.6 is 0 Å². The molecular weight excluding hydrogens is 304 g/mol. The molecule has 0 atom stereocenters. The van der Waals surface area contributed by atoms with E-state index in [2.05, 4.69) is 0 Å². The van der Waals surface area contributed by atoms with E-state index >= 15 is 0 Å². The SMILES string of the molecule is CN(CC1CCN(C(=O)OC(C)(C)C)CC1)C(=O)C1CCCCC1. The van der Waals surface area contributed by atoms with E-state index in [1.54, 1.807) is 4.90 Å². The summed E-state index contributed by atoms with van der Waals surface area (Å²) in [5.74, 6) is 1.05. The molecule has 0 N–H and O–H groups in total. The van der Waals surface area contributed by atoms with Gasteiger partial charge in [0.15, 0.2) is 0 Å². The molecule has 1 aliphatic heterocycles. The van der Waals surface area contributed by atoms with Gasteiger partial charge in [-0.2, -0.15) is 0 Å². The third-order valence-electron chi connectivity index (χ3n) is 5.13. The maximum Gasteiger partial charge on any atom is 0.410 e. The van der Waals surface area contributed by atoms with E-state index in [0.29, 0.717) is 11.8 Å². The number of hydrogen-bond acceptors (Lipinski definition) is 3. The third-order valence-corrected chi connectivity index (χ3v) is 5.13. The van der Waals surface area contributed by atoms with Crippen molar-refractivity contribution in [3.63, 3.8) is 0 Å². The Labute approximate surface area is 146 Å². The van der Waals surface area contributed by atoms with Gasteiger partial charge in [0.05, 0.1) is 0 Å². The number of carbonyl (C=O) groups is 2. The normalized spacial score (nSPS) is 20.8. The summed E-state index contributed by atoms with van der Waals surface area (Å²) in [5, 5.41) is 0. The number of hydrogen-bond donors (Lipinski definition) is 0. The Bertz CT molecular complexity index is 430. The third kappa shape index (κ3) is 5.67. The fourth-order valence-corrected chi connectivity index (χ4v) is 3.76. The highest BCUT2D eigenvalue weighted by Crippen LogP contribution is 2.26. The zero-order valence-electron chi connectivity index (χ0n) is 15.8. The molecule has 2 amide bonds. The van der Waals surface area contributed by atoms with Gasteiger partial charge in [-0.15, -0.1) is 0 Å². The van der Waals surface area contributed by atoms with E-state index in [9.17, 15) is 9.59 Å². The van der Waals surface area contributed by atoms with Gasteiger partial charge in [-0.05, 0) is 52.4 Å². The lowest BCUT2D eigenvalue weighted by Gasteiger charge is -2.35. The van der Waals surface area contributed by atoms with Crippen molar-refractivity contribution in [1.82, 2.24) is 9.80 Å². The van der Waals surface area contributed by atoms with Gasteiger partial charge in [-0.1, -0.05) is 19.3 Å². The first-order valence-electron chi connectivity index (χ1n) is 9.49. The van der Waals surface area contributed by atoms with Crippen molar-refractivity contribution in [1.29, 1.82) is 0 Å². The molecule has 1 aliphatic carbocycles. The van der Waals surface area contributed by atoms with Crippen LogP contribution in [0.2, 0.25) is 0 Å². The molecule has 0 aromatic heterocycles. The first-order chi connectivity index (χ1) is 11.3. The zero-order chi connectivity index (χ0) is 17.7. The topological polar surface area (TPSA) is 49.9 Å². The van der Waals surface area contributed by atoms with Gasteiger partial charge < -0.3 is 14.5 Å². The maximum atomic E-state index is 12.5. The highest BCUT2D eigenvalue weighted by atomic mass is 16.6. The molecule has 2 aliphatic rings. The van der Waals surface area contributed by atoms with Crippen molar-refractivity contribution in [2.75, 3.05) is 26.7 Å². The van der Waals surface area contributed by atoms with E-state index in [1.807, 2.05) is 32.7 Å². The lowest BCUT2D eigenvalue weighted by Crippen LogP contribution is -2.44. The van der Waals surface area contributed by atoms with E-state index in [0.717, 1.165) is 45.3 Å². The monoisotopic (exact) mass is 338 g/mol. The van der Waals surface area contributed by atoms with Crippen molar-refractivity contribution in [2.24, 2.45) is 11.8 Å². The summed E-state index contributed by atoms with van der Waals surface area (Å²) in [5.41, 5.74) is -0.444. The van der Waals surface area contributed by atoms with Gasteiger partial charge in [0.2, 0.25) is 5.91 Å². The number of ether oxygens (including phenoxy) is 1. The highest BCUT2D eigenvalue weighted by molar-refractivity contribution is 5.78. The molecule has 24 heavy (non-hydrogen) atoms. The van der Waals surface area contributed by atoms with Crippen LogP contribution < -0.4 is 0 Å². The van der Waals surface area contributed by atoms with Crippen molar-refractivity contribution in [3.8, 4) is 0 Å². The molecular formula is C19H34N2O3. The number of amides is 2. The van der Waals surface area contributed by atoms with Crippen LogP contribution in [0, 0.1) is 11.8 Å². The lowest BCUT2D eigenvalue weighted by atomic mass is 9.88. The summed E-state index contributed by atoms with van der Waals surface area (Å²) in [6, 6.07) is 0. The van der Waals surface area contributed by atoms with Crippen molar-refractivity contribution in [3.05, 3.63) is 0 Å². The fourth-order valence-electron chi connectivity index (χ4n) is 3.76. The molecule has 1 heterocycles. The Morgan fingerprint density at radius 2 is 1.62 bits per heavy atom. The predicted molar refractivity (Wildman–Crippen MR) is 94.7 cm³/mol. The molecule has 0 unspecified atom stereocenters. The van der Waals surface area contributed by atoms with Crippen LogP contribution in [0.4, 0.5) is 4.79 Å². The maximum absolute atomic E-state index is 12.5. The average Bonchev–Trinajstić information content (AvgIpc) is 2.54. The Morgan fingerprint density at radius 1 is 1.04 bits per heavy atom. The highest BCUT2D eigenvalue weighted by Gasteiger charge is 2.29. The molecule has 5 heteroatoms. The van der Waals surface area contributed by atoms with Gasteiger partial charge >= 0.3 is 6.09 Å². The van der Waals surface area contributed by atoms with Crippen LogP contribution in [-0.2, 0) is 9.53 Å². The Hall–Kier alpha value is -1.26. The van der Waals surface area contributed by atoms with E-state index in [1.165, 1.54) is 19.3 Å². The summed E-state index contributed by atoms with van der Waals surface area (Å²) in [6.07, 6.45) is 7.45. The van der Waals surface area contributed by atoms with Crippen LogP contribution in [0.25, 0.3) is 0 Å². The molecule has 1 saturated heterocycles. The Morgan fingerprint density at radius 3 is 2.17 bits per heavy atom. The van der Waals surface area contributed by atoms with Gasteiger partial charge in [0, 0.05) is 32.6 Å². The first-order valence-corrected chi connectivity index (χ1v) is 9.49. The van der Waals surface area contributed by atoms with Crippen LogP contribution in [0.15, 0.2) is 0 Å². The second-order valence-electron chi connectivity index (χ2n) is 8.46. The second-order valence-corrected chi connectivity index (χ2v) is 8.46. The zero-order valence-corrected chi connectivity index (χ0v) is 15.8. The van der Waals surface area contributed by atoms with Gasteiger partial charge in [0.25, 0.3) is 0 Å². The molecule has 0 bridgehead atoms. The number of carbonyl (C=O) groups excluding carboxylic acids is 2. The summed E-state index contributed by atoms with van der Waals surface area (Å²) < 4.78 is 5.43. The molecule has 1 saturated carbocycles. The Balaban J connectivity index is 1.74. The number of piperidine rings is 1. The summed E-state index contributed by atoms with van der Waals surface area (Å²) in [7, 11) is 1.94. The molecule has 138 valence electrons. The largest absolute Gasteiger partial charge is 0.444 e.